The Morgan fingerprint density at radius 2 is 1.82 bits per heavy atom. The number of hydrogen-bond donors (Lipinski definition) is 1. The van der Waals surface area contributed by atoms with Gasteiger partial charge in [-0.2, -0.15) is 0 Å². The minimum Gasteiger partial charge on any atom is -0.481 e. The molecule has 1 aromatic carbocycles. The van der Waals surface area contributed by atoms with E-state index in [2.05, 4.69) is 5.32 Å². The average molecular weight is 303 g/mol. The van der Waals surface area contributed by atoms with Crippen LogP contribution in [-0.4, -0.2) is 60.3 Å². The van der Waals surface area contributed by atoms with Crippen molar-refractivity contribution in [3.63, 3.8) is 0 Å². The number of piperazine rings is 1. The first-order valence-corrected chi connectivity index (χ1v) is 7.16. The van der Waals surface area contributed by atoms with Gasteiger partial charge in [-0.05, 0) is 12.1 Å². The molecule has 22 heavy (non-hydrogen) atoms. The maximum Gasteiger partial charge on any atom is 0.262 e. The van der Waals surface area contributed by atoms with Gasteiger partial charge in [-0.25, -0.2) is 0 Å². The van der Waals surface area contributed by atoms with Gasteiger partial charge in [0.05, 0.1) is 11.3 Å². The third kappa shape index (κ3) is 2.61. The number of nitrogens with one attached hydrogen (secondary N) is 1. The number of fused-ring (bicyclic) bond motifs is 1. The maximum atomic E-state index is 12.7. The number of anilines is 1. The zero-order valence-corrected chi connectivity index (χ0v) is 12.3. The quantitative estimate of drug-likeness (QED) is 0.810. The monoisotopic (exact) mass is 303 g/mol. The molecule has 7 heteroatoms. The van der Waals surface area contributed by atoms with Gasteiger partial charge in [0.1, 0.15) is 0 Å². The molecule has 3 amide bonds. The Morgan fingerprint density at radius 1 is 1.14 bits per heavy atom. The second-order valence-electron chi connectivity index (χ2n) is 5.32. The van der Waals surface area contributed by atoms with E-state index in [0.717, 1.165) is 0 Å². The molecule has 0 radical (unpaired) electrons. The summed E-state index contributed by atoms with van der Waals surface area (Å²) in [5.41, 5.74) is 0.957. The van der Waals surface area contributed by atoms with Crippen LogP contribution in [-0.2, 0) is 9.59 Å². The summed E-state index contributed by atoms with van der Waals surface area (Å²) < 4.78 is 5.41. The highest BCUT2D eigenvalue weighted by molar-refractivity contribution is 6.03. The van der Waals surface area contributed by atoms with Gasteiger partial charge in [0.25, 0.3) is 11.8 Å². The van der Waals surface area contributed by atoms with E-state index in [0.29, 0.717) is 43.2 Å². The molecular weight excluding hydrogens is 286 g/mol. The van der Waals surface area contributed by atoms with E-state index in [4.69, 9.17) is 4.74 Å². The van der Waals surface area contributed by atoms with Gasteiger partial charge in [-0.3, -0.25) is 14.4 Å². The normalized spacial score (nSPS) is 17.4. The van der Waals surface area contributed by atoms with Crippen LogP contribution in [0.2, 0.25) is 0 Å². The standard InChI is InChI=1S/C15H17N3O4/c1-10(19)17-5-7-18(8-6-17)15(21)11-3-2-4-12-14(11)22-9-13(20)16-12/h2-4H,5-9H2,1H3,(H,16,20). The first-order valence-electron chi connectivity index (χ1n) is 7.16. The smallest absolute Gasteiger partial charge is 0.262 e. The van der Waals surface area contributed by atoms with Crippen molar-refractivity contribution in [2.45, 2.75) is 6.92 Å². The third-order valence-electron chi connectivity index (χ3n) is 3.88. The van der Waals surface area contributed by atoms with Crippen molar-refractivity contribution in [3.8, 4) is 5.75 Å². The Labute approximate surface area is 127 Å². The van der Waals surface area contributed by atoms with Crippen LogP contribution in [0.15, 0.2) is 18.2 Å². The summed E-state index contributed by atoms with van der Waals surface area (Å²) in [5, 5.41) is 2.69. The van der Waals surface area contributed by atoms with Crippen LogP contribution in [0.1, 0.15) is 17.3 Å². The highest BCUT2D eigenvalue weighted by atomic mass is 16.5. The number of carbonyl (C=O) groups is 3. The minimum absolute atomic E-state index is 0.0234. The molecule has 1 saturated heterocycles. The molecule has 1 fully saturated rings. The second-order valence-corrected chi connectivity index (χ2v) is 5.32. The number of para-hydroxylation sites is 1. The summed E-state index contributed by atoms with van der Waals surface area (Å²) in [4.78, 5) is 38.8. The molecule has 0 aliphatic carbocycles. The maximum absolute atomic E-state index is 12.7. The van der Waals surface area contributed by atoms with Crippen LogP contribution in [0.4, 0.5) is 5.69 Å². The van der Waals surface area contributed by atoms with Crippen LogP contribution in [0, 0.1) is 0 Å². The zero-order valence-electron chi connectivity index (χ0n) is 12.3. The molecule has 2 heterocycles. The zero-order chi connectivity index (χ0) is 15.7. The Morgan fingerprint density at radius 3 is 2.50 bits per heavy atom. The number of carbonyl (C=O) groups excluding carboxylic acids is 3. The fourth-order valence-corrected chi connectivity index (χ4v) is 2.68. The SMILES string of the molecule is CC(=O)N1CCN(C(=O)c2cccc3c2OCC(=O)N3)CC1. The van der Waals surface area contributed by atoms with E-state index < -0.39 is 0 Å². The lowest BCUT2D eigenvalue weighted by Crippen LogP contribution is -2.50. The third-order valence-corrected chi connectivity index (χ3v) is 3.88. The molecule has 0 unspecified atom stereocenters. The van der Waals surface area contributed by atoms with E-state index in [1.807, 2.05) is 0 Å². The van der Waals surface area contributed by atoms with Gasteiger partial charge in [0.15, 0.2) is 12.4 Å². The number of amides is 3. The van der Waals surface area contributed by atoms with Crippen molar-refractivity contribution in [1.29, 1.82) is 0 Å². The molecule has 0 saturated carbocycles. The summed E-state index contributed by atoms with van der Waals surface area (Å²) in [7, 11) is 0. The largest absolute Gasteiger partial charge is 0.481 e. The first-order chi connectivity index (χ1) is 10.6. The predicted molar refractivity (Wildman–Crippen MR) is 78.7 cm³/mol. The summed E-state index contributed by atoms with van der Waals surface area (Å²) >= 11 is 0. The average Bonchev–Trinajstić information content (AvgIpc) is 2.53. The Bertz CT molecular complexity index is 636. The summed E-state index contributed by atoms with van der Waals surface area (Å²) in [5.74, 6) is 0.0692. The molecule has 0 spiro atoms. The van der Waals surface area contributed by atoms with Crippen molar-refractivity contribution >= 4 is 23.4 Å². The molecule has 3 rings (SSSR count). The van der Waals surface area contributed by atoms with Crippen molar-refractivity contribution in [2.24, 2.45) is 0 Å². The molecule has 0 aromatic heterocycles. The predicted octanol–water partition coefficient (Wildman–Crippen LogP) is 0.322. The number of ether oxygens (including phenoxy) is 1. The van der Waals surface area contributed by atoms with E-state index in [1.54, 1.807) is 28.0 Å². The molecule has 0 bridgehead atoms. The molecule has 0 atom stereocenters. The van der Waals surface area contributed by atoms with Crippen LogP contribution in [0.3, 0.4) is 0 Å². The number of rotatable bonds is 1. The molecule has 1 aromatic rings. The highest BCUT2D eigenvalue weighted by Crippen LogP contribution is 2.32. The van der Waals surface area contributed by atoms with Gasteiger partial charge in [-0.15, -0.1) is 0 Å². The highest BCUT2D eigenvalue weighted by Gasteiger charge is 2.28. The Kier molecular flexibility index (Phi) is 3.70. The van der Waals surface area contributed by atoms with Crippen molar-refractivity contribution in [1.82, 2.24) is 9.80 Å². The van der Waals surface area contributed by atoms with Crippen molar-refractivity contribution in [3.05, 3.63) is 23.8 Å². The Balaban J connectivity index is 1.78. The van der Waals surface area contributed by atoms with Crippen LogP contribution in [0.25, 0.3) is 0 Å². The molecule has 116 valence electrons. The van der Waals surface area contributed by atoms with Gasteiger partial charge >= 0.3 is 0 Å². The molecule has 7 nitrogen and oxygen atoms in total. The molecule has 2 aliphatic rings. The van der Waals surface area contributed by atoms with Crippen molar-refractivity contribution < 1.29 is 19.1 Å². The topological polar surface area (TPSA) is 79.0 Å². The van der Waals surface area contributed by atoms with E-state index in [9.17, 15) is 14.4 Å². The van der Waals surface area contributed by atoms with E-state index >= 15 is 0 Å². The molecule has 2 aliphatic heterocycles. The lowest BCUT2D eigenvalue weighted by atomic mass is 10.1. The Hall–Kier alpha value is -2.57. The van der Waals surface area contributed by atoms with Crippen LogP contribution < -0.4 is 10.1 Å². The van der Waals surface area contributed by atoms with Crippen LogP contribution in [0.5, 0.6) is 5.75 Å². The fraction of sp³-hybridized carbons (Fsp3) is 0.400. The molecule has 1 N–H and O–H groups in total. The van der Waals surface area contributed by atoms with Gasteiger partial charge in [0.2, 0.25) is 5.91 Å². The number of nitrogens with zero attached hydrogens (tertiary/aromatic N) is 2. The lowest BCUT2D eigenvalue weighted by Gasteiger charge is -2.34. The van der Waals surface area contributed by atoms with Crippen LogP contribution >= 0.6 is 0 Å². The van der Waals surface area contributed by atoms with E-state index in [-0.39, 0.29) is 24.3 Å². The van der Waals surface area contributed by atoms with Crippen molar-refractivity contribution in [2.75, 3.05) is 38.1 Å². The summed E-state index contributed by atoms with van der Waals surface area (Å²) in [6, 6.07) is 5.11. The first kappa shape index (κ1) is 14.4. The fourth-order valence-electron chi connectivity index (χ4n) is 2.68. The summed E-state index contributed by atoms with van der Waals surface area (Å²) in [6.07, 6.45) is 0. The van der Waals surface area contributed by atoms with E-state index in [1.165, 1.54) is 6.92 Å². The van der Waals surface area contributed by atoms with Gasteiger partial charge < -0.3 is 19.9 Å². The minimum atomic E-state index is -0.229. The summed E-state index contributed by atoms with van der Waals surface area (Å²) in [6.45, 7) is 3.50. The second kappa shape index (κ2) is 5.67. The number of hydrogen-bond acceptors (Lipinski definition) is 4. The number of benzene rings is 1. The van der Waals surface area contributed by atoms with Gasteiger partial charge in [-0.1, -0.05) is 6.07 Å². The lowest BCUT2D eigenvalue weighted by molar-refractivity contribution is -0.130. The molecular formula is C15H17N3O4. The van der Waals surface area contributed by atoms with Gasteiger partial charge in [0, 0.05) is 33.1 Å².